The molecule has 0 aromatic heterocycles. The Labute approximate surface area is 93.5 Å². The van der Waals surface area contributed by atoms with E-state index < -0.39 is 11.6 Å². The Bertz CT molecular complexity index is 377. The number of halogens is 2. The highest BCUT2D eigenvalue weighted by molar-refractivity contribution is 5.81. The average Bonchev–Trinajstić information content (AvgIpc) is 2.18. The molecule has 2 rings (SSSR count). The Hall–Kier alpha value is -1.25. The van der Waals surface area contributed by atoms with Crippen molar-refractivity contribution in [1.29, 1.82) is 0 Å². The smallest absolute Gasteiger partial charge is 0.137 e. The van der Waals surface area contributed by atoms with E-state index in [9.17, 15) is 13.6 Å². The minimum Gasteiger partial charge on any atom is -0.299 e. The average molecular weight is 224 g/mol. The van der Waals surface area contributed by atoms with Gasteiger partial charge < -0.3 is 0 Å². The van der Waals surface area contributed by atoms with Crippen molar-refractivity contribution in [2.75, 3.05) is 0 Å². The molecular formula is C13H14F2O. The second-order valence-electron chi connectivity index (χ2n) is 4.42. The summed E-state index contributed by atoms with van der Waals surface area (Å²) in [7, 11) is 0. The standard InChI is InChI=1S/C13H14F2O/c14-12-5-2-6-13(15)11(12)8-10(16)7-9-3-1-4-9/h2,5-6,9H,1,3-4,7-8H2. The van der Waals surface area contributed by atoms with Crippen LogP contribution in [0.5, 0.6) is 0 Å². The maximum absolute atomic E-state index is 13.3. The summed E-state index contributed by atoms with van der Waals surface area (Å²) < 4.78 is 26.5. The predicted octanol–water partition coefficient (Wildman–Crippen LogP) is 3.27. The molecule has 86 valence electrons. The van der Waals surface area contributed by atoms with Gasteiger partial charge in [-0.2, -0.15) is 0 Å². The molecule has 0 amide bonds. The van der Waals surface area contributed by atoms with Crippen molar-refractivity contribution in [2.45, 2.75) is 32.1 Å². The molecule has 0 spiro atoms. The second-order valence-corrected chi connectivity index (χ2v) is 4.42. The summed E-state index contributed by atoms with van der Waals surface area (Å²) in [5.41, 5.74) is -0.0909. The summed E-state index contributed by atoms with van der Waals surface area (Å²) >= 11 is 0. The van der Waals surface area contributed by atoms with Gasteiger partial charge in [-0.1, -0.05) is 25.3 Å². The number of benzene rings is 1. The number of Topliss-reactive ketones (excluding diaryl/α,β-unsaturated/α-hetero) is 1. The summed E-state index contributed by atoms with van der Waals surface area (Å²) in [5, 5.41) is 0. The van der Waals surface area contributed by atoms with Crippen molar-refractivity contribution in [3.05, 3.63) is 35.4 Å². The maximum Gasteiger partial charge on any atom is 0.137 e. The van der Waals surface area contributed by atoms with Crippen LogP contribution in [0.3, 0.4) is 0 Å². The summed E-state index contributed by atoms with van der Waals surface area (Å²) in [5.74, 6) is -0.861. The Balaban J connectivity index is 1.99. The lowest BCUT2D eigenvalue weighted by atomic mass is 9.81. The van der Waals surface area contributed by atoms with Crippen LogP contribution in [0.15, 0.2) is 18.2 Å². The second kappa shape index (κ2) is 4.73. The van der Waals surface area contributed by atoms with E-state index >= 15 is 0 Å². The van der Waals surface area contributed by atoms with E-state index in [0.717, 1.165) is 12.8 Å². The van der Waals surface area contributed by atoms with Gasteiger partial charge in [-0.25, -0.2) is 8.78 Å². The third-order valence-corrected chi connectivity index (χ3v) is 3.18. The van der Waals surface area contributed by atoms with Gasteiger partial charge >= 0.3 is 0 Å². The van der Waals surface area contributed by atoms with Crippen molar-refractivity contribution in [3.63, 3.8) is 0 Å². The SMILES string of the molecule is O=C(Cc1c(F)cccc1F)CC1CCC1. The fourth-order valence-electron chi connectivity index (χ4n) is 1.99. The molecule has 0 N–H and O–H groups in total. The molecule has 1 saturated carbocycles. The zero-order valence-electron chi connectivity index (χ0n) is 9.01. The van der Waals surface area contributed by atoms with Crippen LogP contribution in [0, 0.1) is 17.6 Å². The van der Waals surface area contributed by atoms with Crippen LogP contribution >= 0.6 is 0 Å². The van der Waals surface area contributed by atoms with Gasteiger partial charge in [-0.15, -0.1) is 0 Å². The van der Waals surface area contributed by atoms with E-state index in [4.69, 9.17) is 0 Å². The van der Waals surface area contributed by atoms with Gasteiger partial charge in [-0.3, -0.25) is 4.79 Å². The fraction of sp³-hybridized carbons (Fsp3) is 0.462. The van der Waals surface area contributed by atoms with Gasteiger partial charge in [0, 0.05) is 18.4 Å². The molecule has 0 atom stereocenters. The predicted molar refractivity (Wildman–Crippen MR) is 57.0 cm³/mol. The molecule has 1 aromatic rings. The first kappa shape index (κ1) is 11.2. The summed E-state index contributed by atoms with van der Waals surface area (Å²) in [6, 6.07) is 3.69. The van der Waals surface area contributed by atoms with Crippen LogP contribution < -0.4 is 0 Å². The van der Waals surface area contributed by atoms with Crippen LogP contribution in [0.25, 0.3) is 0 Å². The quantitative estimate of drug-likeness (QED) is 0.767. The minimum atomic E-state index is -0.623. The van der Waals surface area contributed by atoms with Crippen LogP contribution in [0.1, 0.15) is 31.2 Å². The van der Waals surface area contributed by atoms with Crippen LogP contribution in [0.4, 0.5) is 8.78 Å². The molecule has 0 heterocycles. The molecule has 1 aliphatic carbocycles. The highest BCUT2D eigenvalue weighted by Gasteiger charge is 2.22. The Morgan fingerprint density at radius 2 is 1.88 bits per heavy atom. The molecule has 3 heteroatoms. The molecule has 1 aliphatic rings. The number of carbonyl (C=O) groups excluding carboxylic acids is 1. The fourth-order valence-corrected chi connectivity index (χ4v) is 1.99. The number of ketones is 1. The van der Waals surface area contributed by atoms with E-state index in [-0.39, 0.29) is 17.8 Å². The van der Waals surface area contributed by atoms with Crippen molar-refractivity contribution in [1.82, 2.24) is 0 Å². The van der Waals surface area contributed by atoms with Crippen LogP contribution in [0.2, 0.25) is 0 Å². The molecular weight excluding hydrogens is 210 g/mol. The highest BCUT2D eigenvalue weighted by Crippen LogP contribution is 2.30. The third-order valence-electron chi connectivity index (χ3n) is 3.18. The van der Waals surface area contributed by atoms with Crippen molar-refractivity contribution in [3.8, 4) is 0 Å². The van der Waals surface area contributed by atoms with Crippen molar-refractivity contribution >= 4 is 5.78 Å². The zero-order valence-corrected chi connectivity index (χ0v) is 9.01. The van der Waals surface area contributed by atoms with Crippen LogP contribution in [-0.4, -0.2) is 5.78 Å². The third kappa shape index (κ3) is 2.46. The first-order valence-electron chi connectivity index (χ1n) is 5.61. The van der Waals surface area contributed by atoms with Gasteiger partial charge in [0.25, 0.3) is 0 Å². The van der Waals surface area contributed by atoms with E-state index in [1.54, 1.807) is 0 Å². The van der Waals surface area contributed by atoms with Gasteiger partial charge in [0.2, 0.25) is 0 Å². The molecule has 0 radical (unpaired) electrons. The Kier molecular flexibility index (Phi) is 3.32. The molecule has 0 unspecified atom stereocenters. The molecule has 1 aromatic carbocycles. The molecule has 16 heavy (non-hydrogen) atoms. The van der Waals surface area contributed by atoms with E-state index in [1.165, 1.54) is 24.6 Å². The minimum absolute atomic E-state index is 0.0614. The highest BCUT2D eigenvalue weighted by atomic mass is 19.1. The topological polar surface area (TPSA) is 17.1 Å². The Morgan fingerprint density at radius 1 is 1.25 bits per heavy atom. The van der Waals surface area contributed by atoms with Gasteiger partial charge in [0.05, 0.1) is 0 Å². The zero-order chi connectivity index (χ0) is 11.5. The molecule has 0 bridgehead atoms. The first-order chi connectivity index (χ1) is 7.66. The van der Waals surface area contributed by atoms with Crippen molar-refractivity contribution in [2.24, 2.45) is 5.92 Å². The monoisotopic (exact) mass is 224 g/mol. The number of rotatable bonds is 4. The maximum atomic E-state index is 13.3. The van der Waals surface area contributed by atoms with E-state index in [2.05, 4.69) is 0 Å². The first-order valence-corrected chi connectivity index (χ1v) is 5.61. The lowest BCUT2D eigenvalue weighted by molar-refractivity contribution is -0.120. The summed E-state index contributed by atoms with van der Waals surface area (Å²) in [6.07, 6.45) is 3.67. The molecule has 1 fully saturated rings. The lowest BCUT2D eigenvalue weighted by Crippen LogP contribution is -2.17. The molecule has 1 nitrogen and oxygen atoms in total. The van der Waals surface area contributed by atoms with Gasteiger partial charge in [0.1, 0.15) is 17.4 Å². The number of carbonyl (C=O) groups is 1. The molecule has 0 aliphatic heterocycles. The largest absolute Gasteiger partial charge is 0.299 e. The van der Waals surface area contributed by atoms with Gasteiger partial charge in [-0.05, 0) is 18.1 Å². The van der Waals surface area contributed by atoms with E-state index in [0.29, 0.717) is 12.3 Å². The molecule has 0 saturated heterocycles. The summed E-state index contributed by atoms with van der Waals surface area (Å²) in [6.45, 7) is 0. The van der Waals surface area contributed by atoms with E-state index in [1.807, 2.05) is 0 Å². The lowest BCUT2D eigenvalue weighted by Gasteiger charge is -2.24. The number of hydrogen-bond donors (Lipinski definition) is 0. The number of hydrogen-bond acceptors (Lipinski definition) is 1. The Morgan fingerprint density at radius 3 is 2.38 bits per heavy atom. The summed E-state index contributed by atoms with van der Waals surface area (Å²) in [4.78, 5) is 11.6. The van der Waals surface area contributed by atoms with Crippen molar-refractivity contribution < 1.29 is 13.6 Å². The van der Waals surface area contributed by atoms with Gasteiger partial charge in [0.15, 0.2) is 0 Å². The van der Waals surface area contributed by atoms with Crippen LogP contribution in [-0.2, 0) is 11.2 Å². The normalized spacial score (nSPS) is 15.9.